The maximum absolute atomic E-state index is 13.1. The second kappa shape index (κ2) is 7.43. The van der Waals surface area contributed by atoms with Gasteiger partial charge in [0.2, 0.25) is 0 Å². The van der Waals surface area contributed by atoms with Crippen LogP contribution in [0, 0.1) is 5.92 Å². The first-order valence-corrected chi connectivity index (χ1v) is 14.2. The second-order valence-corrected chi connectivity index (χ2v) is 12.2. The number of nitrogens with one attached hydrogen (secondary N) is 1. The molecular formula is C33H32N2O3. The van der Waals surface area contributed by atoms with Gasteiger partial charge in [0.1, 0.15) is 6.61 Å². The molecule has 3 aliphatic carbocycles. The number of hydrogen-bond donors (Lipinski definition) is 2. The number of likely N-dealkylation sites (tertiary alicyclic amines) is 1. The van der Waals surface area contributed by atoms with E-state index in [9.17, 15) is 5.11 Å². The van der Waals surface area contributed by atoms with E-state index in [0.29, 0.717) is 13.0 Å². The topological polar surface area (TPSA) is 57.7 Å². The molecule has 1 aromatic heterocycles. The van der Waals surface area contributed by atoms with Crippen molar-refractivity contribution in [3.8, 4) is 11.5 Å². The number of hydrogen-bond acceptors (Lipinski definition) is 4. The van der Waals surface area contributed by atoms with Gasteiger partial charge in [-0.15, -0.1) is 0 Å². The van der Waals surface area contributed by atoms with E-state index < -0.39 is 11.0 Å². The molecule has 1 saturated heterocycles. The highest BCUT2D eigenvalue weighted by Gasteiger charge is 2.72. The quantitative estimate of drug-likeness (QED) is 0.380. The molecule has 5 nitrogen and oxygen atoms in total. The Morgan fingerprint density at radius 1 is 1.03 bits per heavy atom. The van der Waals surface area contributed by atoms with E-state index in [1.807, 2.05) is 18.2 Å². The van der Waals surface area contributed by atoms with Crippen molar-refractivity contribution in [3.63, 3.8) is 0 Å². The van der Waals surface area contributed by atoms with Crippen LogP contribution in [-0.4, -0.2) is 39.7 Å². The highest BCUT2D eigenvalue weighted by Crippen LogP contribution is 2.69. The van der Waals surface area contributed by atoms with Crippen LogP contribution in [0.2, 0.25) is 0 Å². The molecule has 1 saturated carbocycles. The fraction of sp³-hybridized carbons (Fsp3) is 0.394. The standard InChI is InChI=1S/C33H32N2O3/c36-33-17-24-23-8-4-5-9-25(23)34-29(24)31-32(33)14-15-35(18-20-10-11-20)27(33)16-22-12-13-26(30(38-31)28(22)32)37-19-21-6-2-1-3-7-21/h1-9,12-13,20,27,31,34,36H,10-11,14-19H2/t27-,31-,32-,33+/m0/s1. The maximum atomic E-state index is 13.1. The first-order valence-electron chi connectivity index (χ1n) is 14.2. The zero-order valence-corrected chi connectivity index (χ0v) is 21.5. The zero-order valence-electron chi connectivity index (χ0n) is 21.5. The number of aromatic nitrogens is 1. The van der Waals surface area contributed by atoms with Gasteiger partial charge >= 0.3 is 0 Å². The number of piperidine rings is 1. The Hall–Kier alpha value is -3.28. The lowest BCUT2D eigenvalue weighted by atomic mass is 9.49. The monoisotopic (exact) mass is 504 g/mol. The summed E-state index contributed by atoms with van der Waals surface area (Å²) < 4.78 is 13.4. The van der Waals surface area contributed by atoms with Crippen LogP contribution in [0.5, 0.6) is 11.5 Å². The Morgan fingerprint density at radius 2 is 1.87 bits per heavy atom. The molecule has 2 fully saturated rings. The van der Waals surface area contributed by atoms with Crippen molar-refractivity contribution in [2.45, 2.75) is 61.9 Å². The number of fused-ring (bicyclic) bond motifs is 4. The van der Waals surface area contributed by atoms with Crippen molar-refractivity contribution in [3.05, 3.63) is 94.7 Å². The third-order valence-electron chi connectivity index (χ3n) is 10.3. The molecule has 5 heteroatoms. The molecule has 2 bridgehead atoms. The molecule has 2 N–H and O–H groups in total. The van der Waals surface area contributed by atoms with Crippen LogP contribution in [0.15, 0.2) is 66.7 Å². The van der Waals surface area contributed by atoms with E-state index in [2.05, 4.69) is 58.4 Å². The van der Waals surface area contributed by atoms with Crippen LogP contribution < -0.4 is 9.47 Å². The lowest BCUT2D eigenvalue weighted by molar-refractivity contribution is -0.173. The minimum absolute atomic E-state index is 0.0966. The van der Waals surface area contributed by atoms with Crippen molar-refractivity contribution in [2.24, 2.45) is 5.92 Å². The number of ether oxygens (including phenoxy) is 2. The molecule has 4 aromatic rings. The van der Waals surface area contributed by atoms with E-state index in [4.69, 9.17) is 9.47 Å². The van der Waals surface area contributed by atoms with E-state index >= 15 is 0 Å². The first kappa shape index (κ1) is 21.6. The molecule has 1 spiro atoms. The van der Waals surface area contributed by atoms with Crippen LogP contribution in [0.1, 0.15) is 53.3 Å². The summed E-state index contributed by atoms with van der Waals surface area (Å²) in [7, 11) is 0. The fourth-order valence-electron chi connectivity index (χ4n) is 8.41. The van der Waals surface area contributed by atoms with Gasteiger partial charge in [0, 0.05) is 35.5 Å². The summed E-state index contributed by atoms with van der Waals surface area (Å²) in [6.07, 6.45) is 4.83. The Bertz CT molecular complexity index is 1590. The smallest absolute Gasteiger partial charge is 0.166 e. The van der Waals surface area contributed by atoms with Crippen molar-refractivity contribution >= 4 is 10.9 Å². The zero-order chi connectivity index (χ0) is 25.1. The van der Waals surface area contributed by atoms with Gasteiger partial charge in [0.25, 0.3) is 0 Å². The van der Waals surface area contributed by atoms with Crippen LogP contribution in [0.25, 0.3) is 10.9 Å². The normalized spacial score (nSPS) is 30.6. The average molecular weight is 505 g/mol. The van der Waals surface area contributed by atoms with Crippen molar-refractivity contribution < 1.29 is 14.6 Å². The molecule has 0 amide bonds. The Labute approximate surface area is 222 Å². The summed E-state index contributed by atoms with van der Waals surface area (Å²) in [5.41, 5.74) is 5.80. The number of H-pyrrole nitrogens is 1. The predicted molar refractivity (Wildman–Crippen MR) is 146 cm³/mol. The molecule has 192 valence electrons. The third-order valence-corrected chi connectivity index (χ3v) is 10.3. The van der Waals surface area contributed by atoms with Gasteiger partial charge in [-0.3, -0.25) is 4.90 Å². The summed E-state index contributed by atoms with van der Waals surface area (Å²) in [6, 6.07) is 23.3. The molecule has 4 atom stereocenters. The predicted octanol–water partition coefficient (Wildman–Crippen LogP) is 5.45. The van der Waals surface area contributed by atoms with E-state index in [1.54, 1.807) is 0 Å². The summed E-state index contributed by atoms with van der Waals surface area (Å²) in [5.74, 6) is 2.43. The lowest BCUT2D eigenvalue weighted by Gasteiger charge is -2.62. The van der Waals surface area contributed by atoms with Crippen LogP contribution in [0.3, 0.4) is 0 Å². The fourth-order valence-corrected chi connectivity index (χ4v) is 8.41. The molecule has 3 heterocycles. The maximum Gasteiger partial charge on any atom is 0.166 e. The SMILES string of the molecule is O[C@@]12Cc3c([nH]c4ccccc34)[C@@H]3Oc4c(OCc5ccccc5)ccc5c4[C@@]31CCN(CC1CC1)[C@H]2C5. The Balaban J connectivity index is 1.23. The lowest BCUT2D eigenvalue weighted by Crippen LogP contribution is -2.74. The van der Waals surface area contributed by atoms with Crippen molar-refractivity contribution in [2.75, 3.05) is 13.1 Å². The highest BCUT2D eigenvalue weighted by molar-refractivity contribution is 5.86. The number of aromatic amines is 1. The molecule has 9 rings (SSSR count). The largest absolute Gasteiger partial charge is 0.485 e. The molecular weight excluding hydrogens is 472 g/mol. The van der Waals surface area contributed by atoms with E-state index in [-0.39, 0.29) is 12.1 Å². The van der Waals surface area contributed by atoms with Gasteiger partial charge in [-0.1, -0.05) is 54.6 Å². The van der Waals surface area contributed by atoms with Gasteiger partial charge in [0.15, 0.2) is 17.6 Å². The average Bonchev–Trinajstić information content (AvgIpc) is 3.58. The number of aliphatic hydroxyl groups is 1. The van der Waals surface area contributed by atoms with Crippen LogP contribution in [0.4, 0.5) is 0 Å². The first-order chi connectivity index (χ1) is 18.7. The summed E-state index contributed by atoms with van der Waals surface area (Å²) >= 11 is 0. The van der Waals surface area contributed by atoms with Gasteiger partial charge in [0.05, 0.1) is 16.7 Å². The van der Waals surface area contributed by atoms with Crippen molar-refractivity contribution in [1.29, 1.82) is 0 Å². The van der Waals surface area contributed by atoms with Crippen LogP contribution >= 0.6 is 0 Å². The Morgan fingerprint density at radius 3 is 2.74 bits per heavy atom. The number of benzene rings is 3. The van der Waals surface area contributed by atoms with Crippen molar-refractivity contribution in [1.82, 2.24) is 9.88 Å². The Kier molecular flexibility index (Phi) is 4.23. The summed E-state index contributed by atoms with van der Waals surface area (Å²) in [6.45, 7) is 2.61. The van der Waals surface area contributed by atoms with E-state index in [1.165, 1.54) is 34.9 Å². The van der Waals surface area contributed by atoms with Gasteiger partial charge in [-0.2, -0.15) is 0 Å². The molecule has 5 aliphatic rings. The van der Waals surface area contributed by atoms with Gasteiger partial charge in [-0.25, -0.2) is 0 Å². The number of rotatable bonds is 5. The summed E-state index contributed by atoms with van der Waals surface area (Å²) in [5, 5.41) is 14.3. The molecule has 3 aromatic carbocycles. The molecule has 0 unspecified atom stereocenters. The summed E-state index contributed by atoms with van der Waals surface area (Å²) in [4.78, 5) is 6.37. The minimum atomic E-state index is -0.890. The van der Waals surface area contributed by atoms with Crippen LogP contribution in [-0.2, 0) is 24.9 Å². The van der Waals surface area contributed by atoms with Gasteiger partial charge < -0.3 is 19.6 Å². The van der Waals surface area contributed by atoms with Gasteiger partial charge in [-0.05, 0) is 67.0 Å². The molecule has 38 heavy (non-hydrogen) atoms. The highest BCUT2D eigenvalue weighted by atomic mass is 16.5. The molecule has 0 radical (unpaired) electrons. The van der Waals surface area contributed by atoms with E-state index in [0.717, 1.165) is 60.1 Å². The molecule has 2 aliphatic heterocycles. The number of nitrogens with zero attached hydrogens (tertiary/aromatic N) is 1. The minimum Gasteiger partial charge on any atom is -0.485 e. The second-order valence-electron chi connectivity index (χ2n) is 12.2. The number of para-hydroxylation sites is 1. The third kappa shape index (κ3) is 2.69.